The van der Waals surface area contributed by atoms with Gasteiger partial charge in [0, 0.05) is 57.8 Å². The maximum absolute atomic E-state index is 4.33. The topological polar surface area (TPSA) is 41.6 Å². The van der Waals surface area contributed by atoms with Gasteiger partial charge in [0.25, 0.3) is 0 Å². The molecule has 118 valence electrons. The molecular weight excluding hydrogens is 306 g/mol. The first-order valence-electron chi connectivity index (χ1n) is 8.26. The number of hydrogen-bond acceptors (Lipinski definition) is 2. The molecule has 1 N–H and O–H groups in total. The Balaban J connectivity index is 1.93. The van der Waals surface area contributed by atoms with Crippen molar-refractivity contribution >= 4 is 21.8 Å². The first-order chi connectivity index (χ1) is 12.4. The summed E-state index contributed by atoms with van der Waals surface area (Å²) >= 11 is 0. The molecule has 0 aliphatic rings. The smallest absolute Gasteiger partial charge is 0.0551 e. The summed E-state index contributed by atoms with van der Waals surface area (Å²) in [5.41, 5.74) is 6.79. The van der Waals surface area contributed by atoms with Crippen LogP contribution in [0.4, 0.5) is 0 Å². The molecule has 0 atom stereocenters. The van der Waals surface area contributed by atoms with E-state index in [0.29, 0.717) is 0 Å². The van der Waals surface area contributed by atoms with E-state index in [1.807, 2.05) is 24.5 Å². The molecule has 0 fully saturated rings. The number of nitrogens with one attached hydrogen (secondary N) is 1. The molecule has 5 aromatic rings. The molecule has 0 bridgehead atoms. The fourth-order valence-corrected chi connectivity index (χ4v) is 3.49. The molecule has 3 aromatic heterocycles. The summed E-state index contributed by atoms with van der Waals surface area (Å²) < 4.78 is 0. The van der Waals surface area contributed by atoms with Crippen molar-refractivity contribution in [3.63, 3.8) is 0 Å². The highest BCUT2D eigenvalue weighted by Gasteiger charge is 2.15. The van der Waals surface area contributed by atoms with Crippen LogP contribution in [0.15, 0.2) is 85.5 Å². The summed E-state index contributed by atoms with van der Waals surface area (Å²) in [6, 6.07) is 20.9. The van der Waals surface area contributed by atoms with Crippen molar-refractivity contribution in [2.45, 2.75) is 0 Å². The Hall–Kier alpha value is -3.46. The second-order valence-corrected chi connectivity index (χ2v) is 6.06. The van der Waals surface area contributed by atoms with Gasteiger partial charge in [0.15, 0.2) is 0 Å². The number of para-hydroxylation sites is 1. The number of rotatable bonds is 2. The minimum atomic E-state index is 1.10. The largest absolute Gasteiger partial charge is 0.354 e. The lowest BCUT2D eigenvalue weighted by Crippen LogP contribution is -1.88. The lowest BCUT2D eigenvalue weighted by Gasteiger charge is -2.11. The Morgan fingerprint density at radius 2 is 1.40 bits per heavy atom. The van der Waals surface area contributed by atoms with Crippen LogP contribution in [-0.2, 0) is 0 Å². The standard InChI is InChI=1S/C22H15N3/c1-2-8-20-18(7-1)19-10-9-17(15-5-3-11-23-13-15)21(22(19)25-20)16-6-4-12-24-14-16/h1-14,25H. The van der Waals surface area contributed by atoms with Crippen molar-refractivity contribution in [1.82, 2.24) is 15.0 Å². The van der Waals surface area contributed by atoms with Crippen molar-refractivity contribution in [1.29, 1.82) is 0 Å². The molecule has 0 saturated carbocycles. The van der Waals surface area contributed by atoms with Crippen LogP contribution in [0.5, 0.6) is 0 Å². The van der Waals surface area contributed by atoms with Gasteiger partial charge in [-0.15, -0.1) is 0 Å². The van der Waals surface area contributed by atoms with E-state index < -0.39 is 0 Å². The van der Waals surface area contributed by atoms with Crippen molar-refractivity contribution in [3.05, 3.63) is 85.5 Å². The van der Waals surface area contributed by atoms with E-state index in [9.17, 15) is 0 Å². The summed E-state index contributed by atoms with van der Waals surface area (Å²) in [5.74, 6) is 0. The van der Waals surface area contributed by atoms with Gasteiger partial charge in [-0.1, -0.05) is 42.5 Å². The Morgan fingerprint density at radius 1 is 0.640 bits per heavy atom. The zero-order valence-corrected chi connectivity index (χ0v) is 13.5. The molecule has 0 saturated heterocycles. The van der Waals surface area contributed by atoms with Crippen LogP contribution in [0.3, 0.4) is 0 Å². The average Bonchev–Trinajstić information content (AvgIpc) is 3.07. The van der Waals surface area contributed by atoms with Gasteiger partial charge >= 0.3 is 0 Å². The molecule has 5 rings (SSSR count). The Bertz CT molecular complexity index is 1180. The van der Waals surface area contributed by atoms with E-state index in [1.54, 1.807) is 12.4 Å². The quantitative estimate of drug-likeness (QED) is 0.470. The minimum absolute atomic E-state index is 1.10. The van der Waals surface area contributed by atoms with Crippen molar-refractivity contribution in [3.8, 4) is 22.3 Å². The summed E-state index contributed by atoms with van der Waals surface area (Å²) in [4.78, 5) is 12.2. The van der Waals surface area contributed by atoms with E-state index in [0.717, 1.165) is 33.3 Å². The molecule has 0 aliphatic carbocycles. The maximum Gasteiger partial charge on any atom is 0.0551 e. The second kappa shape index (κ2) is 5.56. The monoisotopic (exact) mass is 321 g/mol. The molecule has 2 aromatic carbocycles. The van der Waals surface area contributed by atoms with E-state index in [-0.39, 0.29) is 0 Å². The summed E-state index contributed by atoms with van der Waals surface area (Å²) in [6.45, 7) is 0. The third-order valence-electron chi connectivity index (χ3n) is 4.61. The number of benzene rings is 2. The number of pyridine rings is 2. The first-order valence-corrected chi connectivity index (χ1v) is 8.26. The fourth-order valence-electron chi connectivity index (χ4n) is 3.49. The van der Waals surface area contributed by atoms with Crippen LogP contribution < -0.4 is 0 Å². The zero-order chi connectivity index (χ0) is 16.6. The Morgan fingerprint density at radius 3 is 2.16 bits per heavy atom. The van der Waals surface area contributed by atoms with Gasteiger partial charge in [-0.05, 0) is 23.8 Å². The highest BCUT2D eigenvalue weighted by atomic mass is 14.7. The SMILES string of the molecule is c1cncc(-c2ccc3c([nH]c4ccccc43)c2-c2cccnc2)c1. The van der Waals surface area contributed by atoms with Crippen molar-refractivity contribution in [2.75, 3.05) is 0 Å². The number of fused-ring (bicyclic) bond motifs is 3. The first kappa shape index (κ1) is 13.9. The van der Waals surface area contributed by atoms with Gasteiger partial charge < -0.3 is 4.98 Å². The number of nitrogens with zero attached hydrogens (tertiary/aromatic N) is 2. The van der Waals surface area contributed by atoms with E-state index in [4.69, 9.17) is 0 Å². The average molecular weight is 321 g/mol. The van der Waals surface area contributed by atoms with Crippen molar-refractivity contribution < 1.29 is 0 Å². The summed E-state index contributed by atoms with van der Waals surface area (Å²) in [7, 11) is 0. The molecule has 0 radical (unpaired) electrons. The molecule has 3 nitrogen and oxygen atoms in total. The van der Waals surface area contributed by atoms with E-state index in [2.05, 4.69) is 63.5 Å². The Kier molecular flexibility index (Phi) is 3.10. The maximum atomic E-state index is 4.33. The van der Waals surface area contributed by atoms with Gasteiger partial charge in [-0.2, -0.15) is 0 Å². The van der Waals surface area contributed by atoms with Crippen LogP contribution in [-0.4, -0.2) is 15.0 Å². The summed E-state index contributed by atoms with van der Waals surface area (Å²) in [6.07, 6.45) is 7.43. The Labute approximate surface area is 145 Å². The van der Waals surface area contributed by atoms with Crippen molar-refractivity contribution in [2.24, 2.45) is 0 Å². The normalized spacial score (nSPS) is 11.2. The predicted molar refractivity (Wildman–Crippen MR) is 102 cm³/mol. The lowest BCUT2D eigenvalue weighted by atomic mass is 9.94. The van der Waals surface area contributed by atoms with Crippen LogP contribution in [0.25, 0.3) is 44.1 Å². The molecule has 0 unspecified atom stereocenters. The van der Waals surface area contributed by atoms with Gasteiger partial charge in [-0.3, -0.25) is 9.97 Å². The zero-order valence-electron chi connectivity index (χ0n) is 13.5. The van der Waals surface area contributed by atoms with E-state index >= 15 is 0 Å². The second-order valence-electron chi connectivity index (χ2n) is 6.06. The van der Waals surface area contributed by atoms with E-state index in [1.165, 1.54) is 10.8 Å². The molecular formula is C22H15N3. The van der Waals surface area contributed by atoms with Crippen LogP contribution >= 0.6 is 0 Å². The fraction of sp³-hybridized carbons (Fsp3) is 0. The van der Waals surface area contributed by atoms with Gasteiger partial charge in [0.05, 0.1) is 5.52 Å². The highest BCUT2D eigenvalue weighted by Crippen LogP contribution is 2.39. The van der Waals surface area contributed by atoms with Gasteiger partial charge in [0.2, 0.25) is 0 Å². The molecule has 0 amide bonds. The number of aromatic amines is 1. The van der Waals surface area contributed by atoms with Crippen LogP contribution in [0, 0.1) is 0 Å². The molecule has 0 spiro atoms. The van der Waals surface area contributed by atoms with Gasteiger partial charge in [0.1, 0.15) is 0 Å². The third-order valence-corrected chi connectivity index (χ3v) is 4.61. The van der Waals surface area contributed by atoms with Gasteiger partial charge in [-0.25, -0.2) is 0 Å². The van der Waals surface area contributed by atoms with Crippen LogP contribution in [0.2, 0.25) is 0 Å². The molecule has 25 heavy (non-hydrogen) atoms. The number of hydrogen-bond donors (Lipinski definition) is 1. The number of aromatic nitrogens is 3. The predicted octanol–water partition coefficient (Wildman–Crippen LogP) is 5.45. The lowest BCUT2D eigenvalue weighted by molar-refractivity contribution is 1.32. The third kappa shape index (κ3) is 2.21. The van der Waals surface area contributed by atoms with Crippen LogP contribution in [0.1, 0.15) is 0 Å². The number of H-pyrrole nitrogens is 1. The summed E-state index contributed by atoms with van der Waals surface area (Å²) in [5, 5.41) is 2.46. The molecule has 0 aliphatic heterocycles. The minimum Gasteiger partial charge on any atom is -0.354 e. The molecule has 3 heteroatoms. The highest BCUT2D eigenvalue weighted by molar-refractivity contribution is 6.14. The molecule has 3 heterocycles.